The fourth-order valence-corrected chi connectivity index (χ4v) is 3.16. The lowest BCUT2D eigenvalue weighted by atomic mass is 10.2. The number of thioether (sulfide) groups is 1. The molecule has 0 fully saturated rings. The molecule has 0 saturated carbocycles. The molecule has 134 valence electrons. The Balaban J connectivity index is 1.73. The monoisotopic (exact) mass is 373 g/mol. The number of nitrogens with zero attached hydrogens (tertiary/aromatic N) is 2. The fourth-order valence-electron chi connectivity index (χ4n) is 2.44. The van der Waals surface area contributed by atoms with E-state index in [1.165, 1.54) is 28.6 Å². The zero-order chi connectivity index (χ0) is 18.5. The van der Waals surface area contributed by atoms with Crippen LogP contribution in [0.5, 0.6) is 0 Å². The van der Waals surface area contributed by atoms with Crippen molar-refractivity contribution in [3.8, 4) is 5.69 Å². The highest BCUT2D eigenvalue weighted by Crippen LogP contribution is 2.21. The minimum Gasteiger partial charge on any atom is -0.308 e. The number of amides is 1. The summed E-state index contributed by atoms with van der Waals surface area (Å²) in [5.74, 6) is -0.985. The Morgan fingerprint density at radius 1 is 1.15 bits per heavy atom. The summed E-state index contributed by atoms with van der Waals surface area (Å²) in [6, 6.07) is 14.6. The van der Waals surface area contributed by atoms with Crippen molar-refractivity contribution in [2.24, 2.45) is 0 Å². The fraction of sp³-hybridized carbons (Fsp3) is 0.158. The largest absolute Gasteiger partial charge is 0.308 e. The van der Waals surface area contributed by atoms with Crippen LogP contribution >= 0.6 is 11.8 Å². The molecule has 0 saturated heterocycles. The van der Waals surface area contributed by atoms with E-state index < -0.39 is 11.6 Å². The van der Waals surface area contributed by atoms with Crippen LogP contribution in [0.2, 0.25) is 0 Å². The molecule has 0 aliphatic rings. The predicted octanol–water partition coefficient (Wildman–Crippen LogP) is 4.44. The molecule has 0 aliphatic heterocycles. The molecule has 0 atom stereocenters. The molecule has 1 aromatic heterocycles. The molecular weight excluding hydrogens is 356 g/mol. The quantitative estimate of drug-likeness (QED) is 0.650. The van der Waals surface area contributed by atoms with E-state index in [9.17, 15) is 13.6 Å². The average Bonchev–Trinajstić information content (AvgIpc) is 3.03. The zero-order valence-electron chi connectivity index (χ0n) is 14.1. The summed E-state index contributed by atoms with van der Waals surface area (Å²) >= 11 is 1.42. The van der Waals surface area contributed by atoms with Gasteiger partial charge in [0.05, 0.1) is 5.75 Å². The van der Waals surface area contributed by atoms with Gasteiger partial charge in [-0.3, -0.25) is 4.79 Å². The van der Waals surface area contributed by atoms with Crippen molar-refractivity contribution >= 4 is 23.5 Å². The lowest BCUT2D eigenvalue weighted by molar-refractivity contribution is -0.113. The maximum atomic E-state index is 14.0. The van der Waals surface area contributed by atoms with E-state index in [1.807, 2.05) is 37.3 Å². The second kappa shape index (κ2) is 8.14. The minimum atomic E-state index is -0.708. The number of hydrogen-bond donors (Lipinski definition) is 1. The van der Waals surface area contributed by atoms with Gasteiger partial charge in [0.1, 0.15) is 11.5 Å². The maximum Gasteiger partial charge on any atom is 0.235 e. The molecule has 0 aliphatic carbocycles. The van der Waals surface area contributed by atoms with Gasteiger partial charge in [0.15, 0.2) is 11.6 Å². The number of carbonyl (C=O) groups excluding carboxylic acids is 1. The van der Waals surface area contributed by atoms with Crippen LogP contribution < -0.4 is 5.32 Å². The summed E-state index contributed by atoms with van der Waals surface area (Å²) in [4.78, 5) is 13.1. The highest BCUT2D eigenvalue weighted by Gasteiger charge is 2.14. The number of rotatable bonds is 6. The highest BCUT2D eigenvalue weighted by molar-refractivity contribution is 8.00. The first kappa shape index (κ1) is 18.1. The van der Waals surface area contributed by atoms with Gasteiger partial charge in [-0.15, -0.1) is 16.9 Å². The van der Waals surface area contributed by atoms with Crippen LogP contribution in [0.1, 0.15) is 12.6 Å². The van der Waals surface area contributed by atoms with Gasteiger partial charge >= 0.3 is 0 Å². The van der Waals surface area contributed by atoms with Crippen molar-refractivity contribution in [3.05, 3.63) is 71.9 Å². The van der Waals surface area contributed by atoms with Gasteiger partial charge in [0.2, 0.25) is 5.91 Å². The van der Waals surface area contributed by atoms with Gasteiger partial charge in [-0.1, -0.05) is 25.1 Å². The summed E-state index contributed by atoms with van der Waals surface area (Å²) in [6.45, 7) is 1.89. The molecule has 0 unspecified atom stereocenters. The second-order valence-electron chi connectivity index (χ2n) is 5.53. The maximum absolute atomic E-state index is 14.0. The third kappa shape index (κ3) is 4.29. The van der Waals surface area contributed by atoms with Crippen molar-refractivity contribution in [1.82, 2.24) is 9.78 Å². The molecule has 3 rings (SSSR count). The molecule has 4 nitrogen and oxygen atoms in total. The Morgan fingerprint density at radius 3 is 2.62 bits per heavy atom. The van der Waals surface area contributed by atoms with Crippen LogP contribution in [-0.2, 0) is 11.2 Å². The summed E-state index contributed by atoms with van der Waals surface area (Å²) in [5, 5.41) is 6.97. The van der Waals surface area contributed by atoms with Gasteiger partial charge in [-0.05, 0) is 30.7 Å². The van der Waals surface area contributed by atoms with Crippen LogP contribution in [0.25, 0.3) is 5.69 Å². The molecule has 1 N–H and O–H groups in total. The topological polar surface area (TPSA) is 46.9 Å². The standard InChI is InChI=1S/C19H17F2N3OS/c1-2-14-11-18(22-19(25)12-26-15-6-4-3-5-7-15)23-24(14)17-9-8-13(20)10-16(17)21/h3-11H,2,12H2,1H3,(H,22,23,25). The smallest absolute Gasteiger partial charge is 0.235 e. The normalized spacial score (nSPS) is 10.7. The molecule has 1 amide bonds. The lowest BCUT2D eigenvalue weighted by Crippen LogP contribution is -2.14. The number of aromatic nitrogens is 2. The van der Waals surface area contributed by atoms with Crippen LogP contribution in [0, 0.1) is 11.6 Å². The zero-order valence-corrected chi connectivity index (χ0v) is 14.9. The Labute approximate surface area is 154 Å². The number of aryl methyl sites for hydroxylation is 1. The number of anilines is 1. The molecule has 3 aromatic rings. The van der Waals surface area contributed by atoms with E-state index in [0.29, 0.717) is 17.9 Å². The lowest BCUT2D eigenvalue weighted by Gasteiger charge is -2.07. The predicted molar refractivity (Wildman–Crippen MR) is 98.7 cm³/mol. The van der Waals surface area contributed by atoms with Crippen LogP contribution in [0.15, 0.2) is 59.5 Å². The van der Waals surface area contributed by atoms with E-state index in [1.54, 1.807) is 6.07 Å². The third-order valence-electron chi connectivity index (χ3n) is 3.66. The molecule has 26 heavy (non-hydrogen) atoms. The number of benzene rings is 2. The third-order valence-corrected chi connectivity index (χ3v) is 4.68. The Morgan fingerprint density at radius 2 is 1.92 bits per heavy atom. The summed E-state index contributed by atoms with van der Waals surface area (Å²) in [5.41, 5.74) is 0.851. The molecule has 0 radical (unpaired) electrons. The molecule has 1 heterocycles. The number of halogens is 2. The van der Waals surface area contributed by atoms with E-state index in [2.05, 4.69) is 10.4 Å². The molecule has 0 spiro atoms. The first-order chi connectivity index (χ1) is 12.6. The number of hydrogen-bond acceptors (Lipinski definition) is 3. The first-order valence-electron chi connectivity index (χ1n) is 8.09. The average molecular weight is 373 g/mol. The Bertz CT molecular complexity index is 912. The van der Waals surface area contributed by atoms with Crippen molar-refractivity contribution < 1.29 is 13.6 Å². The second-order valence-corrected chi connectivity index (χ2v) is 6.58. The van der Waals surface area contributed by atoms with Crippen LogP contribution in [0.4, 0.5) is 14.6 Å². The first-order valence-corrected chi connectivity index (χ1v) is 9.07. The van der Waals surface area contributed by atoms with Crippen molar-refractivity contribution in [3.63, 3.8) is 0 Å². The number of nitrogens with one attached hydrogen (secondary N) is 1. The van der Waals surface area contributed by atoms with Gasteiger partial charge < -0.3 is 5.32 Å². The minimum absolute atomic E-state index is 0.141. The summed E-state index contributed by atoms with van der Waals surface area (Å²) < 4.78 is 28.5. The summed E-state index contributed by atoms with van der Waals surface area (Å²) in [7, 11) is 0. The molecule has 0 bridgehead atoms. The van der Waals surface area contributed by atoms with Gasteiger partial charge in [0, 0.05) is 22.7 Å². The van der Waals surface area contributed by atoms with Gasteiger partial charge in [0.25, 0.3) is 0 Å². The van der Waals surface area contributed by atoms with Crippen molar-refractivity contribution in [2.75, 3.05) is 11.1 Å². The summed E-state index contributed by atoms with van der Waals surface area (Å²) in [6.07, 6.45) is 0.582. The van der Waals surface area contributed by atoms with Crippen LogP contribution in [0.3, 0.4) is 0 Å². The molecule has 7 heteroatoms. The van der Waals surface area contributed by atoms with Gasteiger partial charge in [-0.25, -0.2) is 13.5 Å². The Kier molecular flexibility index (Phi) is 5.68. The molecule has 2 aromatic carbocycles. The van der Waals surface area contributed by atoms with Gasteiger partial charge in [-0.2, -0.15) is 0 Å². The van der Waals surface area contributed by atoms with E-state index >= 15 is 0 Å². The highest BCUT2D eigenvalue weighted by atomic mass is 32.2. The van der Waals surface area contributed by atoms with Crippen LogP contribution in [-0.4, -0.2) is 21.4 Å². The SMILES string of the molecule is CCc1cc(NC(=O)CSc2ccccc2)nn1-c1ccc(F)cc1F. The Hall–Kier alpha value is -2.67. The molecular formula is C19H17F2N3OS. The number of carbonyl (C=O) groups is 1. The van der Waals surface area contributed by atoms with E-state index in [-0.39, 0.29) is 17.3 Å². The van der Waals surface area contributed by atoms with E-state index in [0.717, 1.165) is 11.0 Å². The van der Waals surface area contributed by atoms with Crippen molar-refractivity contribution in [1.29, 1.82) is 0 Å². The van der Waals surface area contributed by atoms with E-state index in [4.69, 9.17) is 0 Å². The van der Waals surface area contributed by atoms with Crippen molar-refractivity contribution in [2.45, 2.75) is 18.2 Å².